The number of aromatic nitrogens is 3. The predicted octanol–water partition coefficient (Wildman–Crippen LogP) is 2.81. The molecule has 1 amide bonds. The zero-order valence-electron chi connectivity index (χ0n) is 16.4. The first-order chi connectivity index (χ1) is 14.1. The van der Waals surface area contributed by atoms with E-state index in [1.54, 1.807) is 36.3 Å². The van der Waals surface area contributed by atoms with Crippen molar-refractivity contribution in [1.29, 1.82) is 0 Å². The summed E-state index contributed by atoms with van der Waals surface area (Å²) < 4.78 is 12.6. The van der Waals surface area contributed by atoms with Gasteiger partial charge < -0.3 is 18.7 Å². The van der Waals surface area contributed by atoms with Crippen LogP contribution in [0, 0.1) is 0 Å². The van der Waals surface area contributed by atoms with Crippen molar-refractivity contribution in [1.82, 2.24) is 19.6 Å². The zero-order chi connectivity index (χ0) is 20.4. The van der Waals surface area contributed by atoms with Gasteiger partial charge in [0, 0.05) is 31.4 Å². The molecule has 3 heterocycles. The van der Waals surface area contributed by atoms with Gasteiger partial charge in [-0.1, -0.05) is 17.3 Å². The molecule has 0 bridgehead atoms. The summed E-state index contributed by atoms with van der Waals surface area (Å²) in [6.45, 7) is 2.99. The van der Waals surface area contributed by atoms with Gasteiger partial charge in [-0.2, -0.15) is 4.98 Å². The molecule has 1 atom stereocenters. The molecule has 0 radical (unpaired) electrons. The maximum absolute atomic E-state index is 13.2. The Morgan fingerprint density at radius 2 is 2.10 bits per heavy atom. The van der Waals surface area contributed by atoms with E-state index in [1.165, 1.54) is 10.6 Å². The fraction of sp³-hybridized carbons (Fsp3) is 0.333. The average molecular weight is 394 g/mol. The van der Waals surface area contributed by atoms with Crippen molar-refractivity contribution in [2.45, 2.75) is 25.8 Å². The fourth-order valence-corrected chi connectivity index (χ4v) is 3.56. The summed E-state index contributed by atoms with van der Waals surface area (Å²) in [5.74, 6) is 1.25. The molecule has 1 fully saturated rings. The maximum Gasteiger partial charge on any atom is 0.258 e. The van der Waals surface area contributed by atoms with Crippen LogP contribution in [-0.4, -0.2) is 38.7 Å². The van der Waals surface area contributed by atoms with E-state index in [-0.39, 0.29) is 17.5 Å². The standard InChI is InChI=1S/C21H22N4O4/c1-3-28-17-9-5-4-7-15(17)21(27)25-12-6-8-16(25)20-22-19(23-29-20)14-10-11-18(26)24(2)13-14/h4-5,7,9-11,13,16H,3,6,8,12H2,1-2H3. The van der Waals surface area contributed by atoms with Gasteiger partial charge in [-0.3, -0.25) is 9.59 Å². The lowest BCUT2D eigenvalue weighted by molar-refractivity contribution is 0.0706. The van der Waals surface area contributed by atoms with Crippen molar-refractivity contribution in [2.75, 3.05) is 13.2 Å². The van der Waals surface area contributed by atoms with Crippen LogP contribution >= 0.6 is 0 Å². The number of pyridine rings is 1. The molecule has 1 unspecified atom stereocenters. The number of hydrogen-bond acceptors (Lipinski definition) is 6. The number of ether oxygens (including phenoxy) is 1. The highest BCUT2D eigenvalue weighted by atomic mass is 16.5. The summed E-state index contributed by atoms with van der Waals surface area (Å²) in [4.78, 5) is 31.1. The first-order valence-corrected chi connectivity index (χ1v) is 9.62. The summed E-state index contributed by atoms with van der Waals surface area (Å²) >= 11 is 0. The lowest BCUT2D eigenvalue weighted by Gasteiger charge is -2.23. The van der Waals surface area contributed by atoms with Crippen LogP contribution in [0.1, 0.15) is 42.1 Å². The summed E-state index contributed by atoms with van der Waals surface area (Å²) in [7, 11) is 1.67. The van der Waals surface area contributed by atoms with Crippen molar-refractivity contribution < 1.29 is 14.1 Å². The molecule has 8 heteroatoms. The van der Waals surface area contributed by atoms with Crippen molar-refractivity contribution in [3.8, 4) is 17.1 Å². The first-order valence-electron chi connectivity index (χ1n) is 9.62. The van der Waals surface area contributed by atoms with Crippen LogP contribution in [0.4, 0.5) is 0 Å². The largest absolute Gasteiger partial charge is 0.493 e. The SMILES string of the molecule is CCOc1ccccc1C(=O)N1CCCC1c1nc(-c2ccc(=O)n(C)c2)no1. The van der Waals surface area contributed by atoms with Crippen molar-refractivity contribution in [3.63, 3.8) is 0 Å². The lowest BCUT2D eigenvalue weighted by atomic mass is 10.1. The molecule has 1 aromatic carbocycles. The zero-order valence-corrected chi connectivity index (χ0v) is 16.4. The Morgan fingerprint density at radius 1 is 1.28 bits per heavy atom. The van der Waals surface area contributed by atoms with Crippen LogP contribution < -0.4 is 10.3 Å². The minimum absolute atomic E-state index is 0.113. The van der Waals surface area contributed by atoms with Gasteiger partial charge in [0.05, 0.1) is 12.2 Å². The monoisotopic (exact) mass is 394 g/mol. The van der Waals surface area contributed by atoms with Gasteiger partial charge in [-0.15, -0.1) is 0 Å². The van der Waals surface area contributed by atoms with E-state index in [9.17, 15) is 9.59 Å². The second-order valence-electron chi connectivity index (χ2n) is 6.91. The Hall–Kier alpha value is -3.42. The molecule has 1 saturated heterocycles. The van der Waals surface area contributed by atoms with E-state index in [0.29, 0.717) is 41.7 Å². The van der Waals surface area contributed by atoms with Crippen LogP contribution in [0.5, 0.6) is 5.75 Å². The van der Waals surface area contributed by atoms with Crippen LogP contribution in [-0.2, 0) is 7.05 Å². The molecular weight excluding hydrogens is 372 g/mol. The molecule has 8 nitrogen and oxygen atoms in total. The van der Waals surface area contributed by atoms with Crippen LogP contribution in [0.2, 0.25) is 0 Å². The number of carbonyl (C=O) groups excluding carboxylic acids is 1. The van der Waals surface area contributed by atoms with E-state index < -0.39 is 0 Å². The number of aryl methyl sites for hydroxylation is 1. The summed E-state index contributed by atoms with van der Waals surface area (Å²) in [5, 5.41) is 4.05. The van der Waals surface area contributed by atoms with Crippen LogP contribution in [0.3, 0.4) is 0 Å². The smallest absolute Gasteiger partial charge is 0.258 e. The number of carbonyl (C=O) groups is 1. The van der Waals surface area contributed by atoms with Crippen LogP contribution in [0.15, 0.2) is 51.9 Å². The normalized spacial score (nSPS) is 16.2. The minimum Gasteiger partial charge on any atom is -0.493 e. The molecule has 0 aliphatic carbocycles. The number of nitrogens with zero attached hydrogens (tertiary/aromatic N) is 4. The number of amides is 1. The Morgan fingerprint density at radius 3 is 2.90 bits per heavy atom. The Balaban J connectivity index is 1.61. The topological polar surface area (TPSA) is 90.5 Å². The maximum atomic E-state index is 13.2. The van der Waals surface area contributed by atoms with E-state index in [0.717, 1.165) is 12.8 Å². The number of likely N-dealkylation sites (tertiary alicyclic amines) is 1. The minimum atomic E-state index is -0.286. The van der Waals surface area contributed by atoms with Gasteiger partial charge in [-0.05, 0) is 38.0 Å². The highest BCUT2D eigenvalue weighted by Crippen LogP contribution is 2.34. The molecule has 0 N–H and O–H groups in total. The van der Waals surface area contributed by atoms with E-state index in [1.807, 2.05) is 19.1 Å². The number of rotatable bonds is 5. The first kappa shape index (κ1) is 18.9. The average Bonchev–Trinajstić information content (AvgIpc) is 3.39. The molecule has 4 rings (SSSR count). The number of benzene rings is 1. The van der Waals surface area contributed by atoms with E-state index >= 15 is 0 Å². The van der Waals surface area contributed by atoms with Gasteiger partial charge in [0.2, 0.25) is 17.3 Å². The lowest BCUT2D eigenvalue weighted by Crippen LogP contribution is -2.31. The summed E-state index contributed by atoms with van der Waals surface area (Å²) in [6, 6.07) is 10.1. The van der Waals surface area contributed by atoms with Crippen molar-refractivity contribution >= 4 is 5.91 Å². The Kier molecular flexibility index (Phi) is 5.16. The number of para-hydroxylation sites is 1. The summed E-state index contributed by atoms with van der Waals surface area (Å²) in [6.07, 6.45) is 3.26. The van der Waals surface area contributed by atoms with Gasteiger partial charge in [0.1, 0.15) is 11.8 Å². The van der Waals surface area contributed by atoms with Gasteiger partial charge in [0.15, 0.2) is 0 Å². The van der Waals surface area contributed by atoms with Gasteiger partial charge in [-0.25, -0.2) is 0 Å². The second kappa shape index (κ2) is 7.90. The van der Waals surface area contributed by atoms with Crippen molar-refractivity contribution in [2.24, 2.45) is 7.05 Å². The molecule has 29 heavy (non-hydrogen) atoms. The number of hydrogen-bond donors (Lipinski definition) is 0. The molecule has 2 aromatic heterocycles. The van der Waals surface area contributed by atoms with Gasteiger partial charge >= 0.3 is 0 Å². The Labute approximate surface area is 167 Å². The van der Waals surface area contributed by atoms with Crippen molar-refractivity contribution in [3.05, 3.63) is 64.4 Å². The van der Waals surface area contributed by atoms with E-state index in [2.05, 4.69) is 10.1 Å². The fourth-order valence-electron chi connectivity index (χ4n) is 3.56. The third kappa shape index (κ3) is 3.65. The predicted molar refractivity (Wildman–Crippen MR) is 106 cm³/mol. The molecule has 1 aliphatic rings. The van der Waals surface area contributed by atoms with Crippen LogP contribution in [0.25, 0.3) is 11.4 Å². The summed E-state index contributed by atoms with van der Waals surface area (Å²) in [5.41, 5.74) is 1.09. The molecule has 0 saturated carbocycles. The Bertz CT molecular complexity index is 1090. The molecule has 0 spiro atoms. The third-order valence-corrected chi connectivity index (χ3v) is 5.00. The quantitative estimate of drug-likeness (QED) is 0.661. The second-order valence-corrected chi connectivity index (χ2v) is 6.91. The molecule has 1 aliphatic heterocycles. The molecule has 150 valence electrons. The highest BCUT2D eigenvalue weighted by Gasteiger charge is 2.35. The third-order valence-electron chi connectivity index (χ3n) is 5.00. The van der Waals surface area contributed by atoms with E-state index in [4.69, 9.17) is 9.26 Å². The molecular formula is C21H22N4O4. The van der Waals surface area contributed by atoms with Gasteiger partial charge in [0.25, 0.3) is 5.91 Å². The highest BCUT2D eigenvalue weighted by molar-refractivity contribution is 5.97. The molecule has 3 aromatic rings.